The molecule has 1 unspecified atom stereocenters. The van der Waals surface area contributed by atoms with E-state index in [4.69, 9.17) is 11.2 Å². The summed E-state index contributed by atoms with van der Waals surface area (Å²) in [7, 11) is 0. The van der Waals surface area contributed by atoms with Crippen LogP contribution in [0.5, 0.6) is 0 Å². The van der Waals surface area contributed by atoms with Gasteiger partial charge in [-0.3, -0.25) is 0 Å². The Hall–Kier alpha value is -1.56. The smallest absolute Gasteiger partial charge is 0.0991 e. The molecule has 0 aliphatic carbocycles. The molecular weight excluding hydrogens is 224 g/mol. The number of terminal acetylenes is 1. The minimum atomic E-state index is -0.947. The summed E-state index contributed by atoms with van der Waals surface area (Å²) >= 11 is 0. The molecule has 0 bridgehead atoms. The van der Waals surface area contributed by atoms with Gasteiger partial charge in [0.25, 0.3) is 0 Å². The molecule has 1 N–H and O–H groups in total. The van der Waals surface area contributed by atoms with Gasteiger partial charge in [0.2, 0.25) is 0 Å². The number of rotatable bonds is 8. The van der Waals surface area contributed by atoms with E-state index in [9.17, 15) is 5.11 Å². The Bertz CT molecular complexity index is 391. The van der Waals surface area contributed by atoms with Crippen LogP contribution in [0, 0.1) is 12.3 Å². The zero-order chi connectivity index (χ0) is 13.3. The average Bonchev–Trinajstić information content (AvgIpc) is 2.38. The molecule has 2 nitrogen and oxygen atoms in total. The number of aliphatic hydroxyl groups is 1. The molecule has 0 fully saturated rings. The summed E-state index contributed by atoms with van der Waals surface area (Å²) in [6.07, 6.45) is 8.66. The summed E-state index contributed by atoms with van der Waals surface area (Å²) in [5.74, 6) is 2.50. The first-order valence-corrected chi connectivity index (χ1v) is 6.08. The van der Waals surface area contributed by atoms with Crippen LogP contribution in [0.4, 0.5) is 0 Å². The van der Waals surface area contributed by atoms with Gasteiger partial charge in [0.1, 0.15) is 0 Å². The Morgan fingerprint density at radius 3 is 2.72 bits per heavy atom. The van der Waals surface area contributed by atoms with Crippen molar-refractivity contribution in [1.82, 2.24) is 0 Å². The van der Waals surface area contributed by atoms with E-state index in [1.807, 2.05) is 30.3 Å². The van der Waals surface area contributed by atoms with Crippen molar-refractivity contribution in [2.24, 2.45) is 0 Å². The van der Waals surface area contributed by atoms with Gasteiger partial charge in [-0.25, -0.2) is 0 Å². The summed E-state index contributed by atoms with van der Waals surface area (Å²) in [5.41, 5.74) is 0.141. The Balaban J connectivity index is 2.42. The quantitative estimate of drug-likeness (QED) is 0.563. The molecule has 0 saturated carbocycles. The normalized spacial score (nSPS) is 13.6. The highest BCUT2D eigenvalue weighted by atomic mass is 16.5. The van der Waals surface area contributed by atoms with Crippen LogP contribution in [0.2, 0.25) is 0 Å². The van der Waals surface area contributed by atoms with Crippen molar-refractivity contribution < 1.29 is 9.84 Å². The van der Waals surface area contributed by atoms with Crippen molar-refractivity contribution in [2.45, 2.75) is 31.5 Å². The molecule has 0 spiro atoms. The molecular formula is C16H20O2. The van der Waals surface area contributed by atoms with Crippen LogP contribution < -0.4 is 0 Å². The first-order chi connectivity index (χ1) is 8.70. The van der Waals surface area contributed by atoms with E-state index in [-0.39, 0.29) is 6.61 Å². The van der Waals surface area contributed by atoms with Crippen LogP contribution in [0.25, 0.3) is 0 Å². The minimum Gasteiger partial charge on any atom is -0.386 e. The molecule has 1 rings (SSSR count). The zero-order valence-electron chi connectivity index (χ0n) is 10.6. The number of benzene rings is 1. The molecule has 96 valence electrons. The predicted molar refractivity (Wildman–Crippen MR) is 73.9 cm³/mol. The summed E-state index contributed by atoms with van der Waals surface area (Å²) in [6.45, 7) is 4.39. The standard InChI is InChI=1S/C16H20O2/c1-3-5-12-16(17,11-4-2)14-18-13-15-9-7-6-8-10-15/h2-3,6-10,17H,1,5,11-14H2. The van der Waals surface area contributed by atoms with Gasteiger partial charge in [0, 0.05) is 6.42 Å². The maximum atomic E-state index is 10.3. The Kier molecular flexibility index (Phi) is 6.21. The SMILES string of the molecule is C#CCC(O)(CCC=C)COCc1ccccc1. The number of allylic oxidation sites excluding steroid dienone is 1. The second-order valence-electron chi connectivity index (χ2n) is 4.41. The largest absolute Gasteiger partial charge is 0.386 e. The van der Waals surface area contributed by atoms with E-state index < -0.39 is 5.60 Å². The van der Waals surface area contributed by atoms with E-state index in [0.717, 1.165) is 12.0 Å². The molecule has 0 aromatic heterocycles. The van der Waals surface area contributed by atoms with Gasteiger partial charge in [-0.2, -0.15) is 0 Å². The second kappa shape index (κ2) is 7.71. The third-order valence-electron chi connectivity index (χ3n) is 2.73. The minimum absolute atomic E-state index is 0.250. The van der Waals surface area contributed by atoms with Gasteiger partial charge in [-0.05, 0) is 18.4 Å². The van der Waals surface area contributed by atoms with Crippen molar-refractivity contribution in [1.29, 1.82) is 0 Å². The topological polar surface area (TPSA) is 29.5 Å². The van der Waals surface area contributed by atoms with Crippen molar-refractivity contribution >= 4 is 0 Å². The summed E-state index contributed by atoms with van der Waals surface area (Å²) < 4.78 is 5.55. The molecule has 0 aliphatic rings. The molecule has 1 atom stereocenters. The van der Waals surface area contributed by atoms with Crippen molar-refractivity contribution in [3.63, 3.8) is 0 Å². The predicted octanol–water partition coefficient (Wildman–Crippen LogP) is 2.92. The van der Waals surface area contributed by atoms with Crippen LogP contribution in [0.3, 0.4) is 0 Å². The van der Waals surface area contributed by atoms with Crippen molar-refractivity contribution in [3.05, 3.63) is 48.6 Å². The first-order valence-electron chi connectivity index (χ1n) is 6.08. The van der Waals surface area contributed by atoms with Crippen LogP contribution in [-0.2, 0) is 11.3 Å². The van der Waals surface area contributed by atoms with Crippen LogP contribution in [0.1, 0.15) is 24.8 Å². The summed E-state index contributed by atoms with van der Waals surface area (Å²) in [5, 5.41) is 10.3. The highest BCUT2D eigenvalue weighted by Crippen LogP contribution is 2.18. The van der Waals surface area contributed by atoms with E-state index in [2.05, 4.69) is 12.5 Å². The van der Waals surface area contributed by atoms with E-state index in [1.165, 1.54) is 0 Å². The summed E-state index contributed by atoms with van der Waals surface area (Å²) in [6, 6.07) is 9.87. The molecule has 0 radical (unpaired) electrons. The second-order valence-corrected chi connectivity index (χ2v) is 4.41. The fourth-order valence-corrected chi connectivity index (χ4v) is 1.71. The van der Waals surface area contributed by atoms with Crippen LogP contribution in [0.15, 0.2) is 43.0 Å². The van der Waals surface area contributed by atoms with Gasteiger partial charge >= 0.3 is 0 Å². The number of ether oxygens (including phenoxy) is 1. The van der Waals surface area contributed by atoms with Gasteiger partial charge < -0.3 is 9.84 Å². The number of hydrogen-bond acceptors (Lipinski definition) is 2. The maximum absolute atomic E-state index is 10.3. The molecule has 1 aromatic carbocycles. The Morgan fingerprint density at radius 1 is 1.39 bits per heavy atom. The third-order valence-corrected chi connectivity index (χ3v) is 2.73. The molecule has 0 amide bonds. The first kappa shape index (κ1) is 14.5. The molecule has 0 heterocycles. The maximum Gasteiger partial charge on any atom is 0.0991 e. The van der Waals surface area contributed by atoms with Crippen LogP contribution in [-0.4, -0.2) is 17.3 Å². The van der Waals surface area contributed by atoms with Gasteiger partial charge in [0.05, 0.1) is 18.8 Å². The van der Waals surface area contributed by atoms with E-state index in [1.54, 1.807) is 6.08 Å². The van der Waals surface area contributed by atoms with Crippen molar-refractivity contribution in [3.8, 4) is 12.3 Å². The van der Waals surface area contributed by atoms with Gasteiger partial charge in [-0.15, -0.1) is 18.9 Å². The molecule has 2 heteroatoms. The Morgan fingerprint density at radius 2 is 2.11 bits per heavy atom. The zero-order valence-corrected chi connectivity index (χ0v) is 10.6. The van der Waals surface area contributed by atoms with Crippen molar-refractivity contribution in [2.75, 3.05) is 6.61 Å². The molecule has 0 aliphatic heterocycles. The lowest BCUT2D eigenvalue weighted by molar-refractivity contribution is -0.0529. The highest BCUT2D eigenvalue weighted by molar-refractivity contribution is 5.13. The van der Waals surface area contributed by atoms with Gasteiger partial charge in [0.15, 0.2) is 0 Å². The number of hydrogen-bond donors (Lipinski definition) is 1. The lowest BCUT2D eigenvalue weighted by atomic mass is 9.95. The molecule has 0 saturated heterocycles. The fourth-order valence-electron chi connectivity index (χ4n) is 1.71. The summed E-state index contributed by atoms with van der Waals surface area (Å²) in [4.78, 5) is 0. The highest BCUT2D eigenvalue weighted by Gasteiger charge is 2.25. The van der Waals surface area contributed by atoms with E-state index >= 15 is 0 Å². The lowest BCUT2D eigenvalue weighted by Crippen LogP contribution is -2.34. The van der Waals surface area contributed by atoms with Crippen LogP contribution >= 0.6 is 0 Å². The fraction of sp³-hybridized carbons (Fsp3) is 0.375. The molecule has 18 heavy (non-hydrogen) atoms. The Labute approximate surface area is 109 Å². The van der Waals surface area contributed by atoms with Gasteiger partial charge in [-0.1, -0.05) is 36.4 Å². The third kappa shape index (κ3) is 5.18. The molecule has 1 aromatic rings. The average molecular weight is 244 g/mol. The lowest BCUT2D eigenvalue weighted by Gasteiger charge is -2.25. The van der Waals surface area contributed by atoms with E-state index in [0.29, 0.717) is 19.4 Å². The monoisotopic (exact) mass is 244 g/mol.